The lowest BCUT2D eigenvalue weighted by Gasteiger charge is -2.14. The van der Waals surface area contributed by atoms with Crippen LogP contribution < -0.4 is 14.8 Å². The van der Waals surface area contributed by atoms with Crippen molar-refractivity contribution in [2.45, 2.75) is 39.8 Å². The van der Waals surface area contributed by atoms with E-state index in [4.69, 9.17) is 9.47 Å². The van der Waals surface area contributed by atoms with Crippen molar-refractivity contribution in [1.29, 1.82) is 0 Å². The number of pyridine rings is 1. The summed E-state index contributed by atoms with van der Waals surface area (Å²) in [5.74, 6) is 1.20. The minimum Gasteiger partial charge on any atom is -0.492 e. The van der Waals surface area contributed by atoms with Gasteiger partial charge < -0.3 is 14.8 Å². The van der Waals surface area contributed by atoms with E-state index >= 15 is 0 Å². The molecule has 7 nitrogen and oxygen atoms in total. The van der Waals surface area contributed by atoms with Gasteiger partial charge in [-0.15, -0.1) is 11.3 Å². The van der Waals surface area contributed by atoms with Crippen LogP contribution in [0, 0.1) is 6.92 Å². The lowest BCUT2D eigenvalue weighted by atomic mass is 10.1. The molecule has 1 aliphatic rings. The number of rotatable bonds is 6. The molecular weight excluding hydrogens is 424 g/mol. The highest BCUT2D eigenvalue weighted by Crippen LogP contribution is 2.38. The van der Waals surface area contributed by atoms with Gasteiger partial charge in [0.05, 0.1) is 36.0 Å². The Kier molecular flexibility index (Phi) is 5.30. The van der Waals surface area contributed by atoms with Crippen molar-refractivity contribution in [1.82, 2.24) is 14.8 Å². The topological polar surface area (TPSA) is 78.3 Å². The van der Waals surface area contributed by atoms with E-state index in [1.165, 1.54) is 4.88 Å². The van der Waals surface area contributed by atoms with Crippen molar-refractivity contribution in [3.63, 3.8) is 0 Å². The Morgan fingerprint density at radius 1 is 1.38 bits per heavy atom. The van der Waals surface area contributed by atoms with Crippen LogP contribution in [0.15, 0.2) is 41.9 Å². The summed E-state index contributed by atoms with van der Waals surface area (Å²) in [4.78, 5) is 19.2. The van der Waals surface area contributed by atoms with Crippen LogP contribution in [0.2, 0.25) is 0 Å². The van der Waals surface area contributed by atoms with Crippen molar-refractivity contribution in [3.8, 4) is 11.5 Å². The summed E-state index contributed by atoms with van der Waals surface area (Å²) in [6.45, 7) is 6.97. The maximum atomic E-state index is 13.4. The molecular formula is C24H24N4O3S. The average molecular weight is 449 g/mol. The van der Waals surface area contributed by atoms with E-state index < -0.39 is 0 Å². The van der Waals surface area contributed by atoms with E-state index in [2.05, 4.69) is 21.5 Å². The van der Waals surface area contributed by atoms with Crippen LogP contribution in [0.1, 0.15) is 40.3 Å². The summed E-state index contributed by atoms with van der Waals surface area (Å²) in [6, 6.07) is 9.69. The molecule has 164 valence electrons. The van der Waals surface area contributed by atoms with Gasteiger partial charge in [0.2, 0.25) is 0 Å². The van der Waals surface area contributed by atoms with Gasteiger partial charge in [-0.1, -0.05) is 6.07 Å². The number of thiophene rings is 1. The van der Waals surface area contributed by atoms with Crippen LogP contribution in [-0.4, -0.2) is 33.4 Å². The first-order valence-electron chi connectivity index (χ1n) is 10.6. The fraction of sp³-hybridized carbons (Fsp3) is 0.292. The maximum absolute atomic E-state index is 13.4. The zero-order valence-electron chi connectivity index (χ0n) is 18.2. The minimum atomic E-state index is -0.233. The van der Waals surface area contributed by atoms with Gasteiger partial charge in [0, 0.05) is 28.6 Å². The predicted octanol–water partition coefficient (Wildman–Crippen LogP) is 4.82. The number of benzene rings is 1. The number of carbonyl (C=O) groups is 1. The second-order valence-corrected chi connectivity index (χ2v) is 8.94. The van der Waals surface area contributed by atoms with Crippen LogP contribution in [0.4, 0.5) is 5.69 Å². The molecule has 0 bridgehead atoms. The molecule has 1 N–H and O–H groups in total. The Morgan fingerprint density at radius 3 is 3.03 bits per heavy atom. The number of carbonyl (C=O) groups excluding carboxylic acids is 1. The van der Waals surface area contributed by atoms with Crippen LogP contribution >= 0.6 is 11.3 Å². The van der Waals surface area contributed by atoms with Gasteiger partial charge in [-0.2, -0.15) is 5.10 Å². The lowest BCUT2D eigenvalue weighted by molar-refractivity contribution is 0.102. The van der Waals surface area contributed by atoms with Gasteiger partial charge in [-0.25, -0.2) is 9.67 Å². The third-order valence-corrected chi connectivity index (χ3v) is 6.28. The zero-order chi connectivity index (χ0) is 22.2. The molecule has 1 amide bonds. The number of aromatic nitrogens is 3. The third-order valence-electron chi connectivity index (χ3n) is 5.41. The molecule has 8 heteroatoms. The van der Waals surface area contributed by atoms with Crippen molar-refractivity contribution < 1.29 is 14.3 Å². The number of hydrogen-bond acceptors (Lipinski definition) is 6. The Bertz CT molecular complexity index is 1300. The summed E-state index contributed by atoms with van der Waals surface area (Å²) < 4.78 is 13.5. The number of hydrogen-bond donors (Lipinski definition) is 1. The van der Waals surface area contributed by atoms with E-state index in [0.29, 0.717) is 41.2 Å². The molecule has 4 heterocycles. The highest BCUT2D eigenvalue weighted by atomic mass is 32.1. The Balaban J connectivity index is 1.49. The summed E-state index contributed by atoms with van der Waals surface area (Å²) in [5, 5.41) is 10.3. The largest absolute Gasteiger partial charge is 0.492 e. The first kappa shape index (κ1) is 20.5. The second kappa shape index (κ2) is 8.27. The van der Waals surface area contributed by atoms with Crippen molar-refractivity contribution >= 4 is 34.0 Å². The molecule has 0 fully saturated rings. The normalized spacial score (nSPS) is 14.9. The first-order valence-corrected chi connectivity index (χ1v) is 11.5. The first-order chi connectivity index (χ1) is 15.5. The fourth-order valence-electron chi connectivity index (χ4n) is 4.03. The van der Waals surface area contributed by atoms with E-state index in [-0.39, 0.29) is 12.0 Å². The molecule has 1 aromatic carbocycles. The van der Waals surface area contributed by atoms with Gasteiger partial charge >= 0.3 is 0 Å². The van der Waals surface area contributed by atoms with Gasteiger partial charge in [-0.3, -0.25) is 4.79 Å². The summed E-state index contributed by atoms with van der Waals surface area (Å²) in [7, 11) is 0. The number of nitrogens with one attached hydrogen (secondary N) is 1. The van der Waals surface area contributed by atoms with Gasteiger partial charge in [0.25, 0.3) is 5.91 Å². The molecule has 1 atom stereocenters. The van der Waals surface area contributed by atoms with Crippen LogP contribution in [-0.2, 0) is 13.0 Å². The molecule has 4 aromatic rings. The van der Waals surface area contributed by atoms with Crippen LogP contribution in [0.3, 0.4) is 0 Å². The van der Waals surface area contributed by atoms with E-state index in [9.17, 15) is 4.79 Å². The average Bonchev–Trinajstić information content (AvgIpc) is 3.48. The molecule has 0 saturated carbocycles. The van der Waals surface area contributed by atoms with Gasteiger partial charge in [-0.05, 0) is 44.4 Å². The Labute approximate surface area is 190 Å². The maximum Gasteiger partial charge on any atom is 0.256 e. The number of amides is 1. The molecule has 0 unspecified atom stereocenters. The van der Waals surface area contributed by atoms with E-state index in [0.717, 1.165) is 23.4 Å². The number of ether oxygens (including phenoxy) is 2. The number of anilines is 1. The molecule has 0 radical (unpaired) electrons. The second-order valence-electron chi connectivity index (χ2n) is 7.91. The monoisotopic (exact) mass is 448 g/mol. The summed E-state index contributed by atoms with van der Waals surface area (Å²) in [5.41, 5.74) is 3.67. The molecule has 5 rings (SSSR count). The number of nitrogens with zero attached hydrogens (tertiary/aromatic N) is 3. The lowest BCUT2D eigenvalue weighted by Crippen LogP contribution is -2.14. The van der Waals surface area contributed by atoms with Crippen molar-refractivity contribution in [3.05, 3.63) is 63.6 Å². The summed E-state index contributed by atoms with van der Waals surface area (Å²) >= 11 is 1.67. The smallest absolute Gasteiger partial charge is 0.256 e. The predicted molar refractivity (Wildman–Crippen MR) is 125 cm³/mol. The van der Waals surface area contributed by atoms with E-state index in [1.807, 2.05) is 49.0 Å². The molecule has 1 aliphatic heterocycles. The minimum absolute atomic E-state index is 0.113. The summed E-state index contributed by atoms with van der Waals surface area (Å²) in [6.07, 6.45) is 2.65. The SMILES string of the molecule is CCOc1cc2c(cc1NC(=O)c1cc(C)nc3c1cnn3Cc1cccs1)O[C@H](C)C2. The van der Waals surface area contributed by atoms with Gasteiger partial charge in [0.15, 0.2) is 5.65 Å². The number of fused-ring (bicyclic) bond motifs is 2. The molecule has 3 aromatic heterocycles. The highest BCUT2D eigenvalue weighted by Gasteiger charge is 2.24. The van der Waals surface area contributed by atoms with Gasteiger partial charge in [0.1, 0.15) is 17.6 Å². The number of aryl methyl sites for hydroxylation is 1. The molecule has 0 saturated heterocycles. The quantitative estimate of drug-likeness (QED) is 0.457. The third kappa shape index (κ3) is 3.82. The Morgan fingerprint density at radius 2 is 2.25 bits per heavy atom. The van der Waals surface area contributed by atoms with Crippen LogP contribution in [0.5, 0.6) is 11.5 Å². The van der Waals surface area contributed by atoms with Crippen molar-refractivity contribution in [2.24, 2.45) is 0 Å². The molecule has 0 spiro atoms. The highest BCUT2D eigenvalue weighted by molar-refractivity contribution is 7.09. The Hall–Kier alpha value is -3.39. The zero-order valence-corrected chi connectivity index (χ0v) is 19.0. The standard InChI is InChI=1S/C24H24N4O3S/c1-4-30-22-10-16-9-15(3)31-21(16)11-20(22)27-24(29)18-8-14(2)26-23-19(18)12-25-28(23)13-17-6-5-7-32-17/h5-8,10-12,15H,4,9,13H2,1-3H3,(H,27,29)/t15-/m1/s1. The fourth-order valence-corrected chi connectivity index (χ4v) is 4.71. The van der Waals surface area contributed by atoms with Crippen molar-refractivity contribution in [2.75, 3.05) is 11.9 Å². The van der Waals surface area contributed by atoms with Crippen LogP contribution in [0.25, 0.3) is 11.0 Å². The molecule has 32 heavy (non-hydrogen) atoms. The van der Waals surface area contributed by atoms with E-state index in [1.54, 1.807) is 23.6 Å². The molecule has 0 aliphatic carbocycles.